The Balaban J connectivity index is 1.89. The highest BCUT2D eigenvalue weighted by atomic mass is 16.6. The first-order valence-corrected chi connectivity index (χ1v) is 9.52. The number of ether oxygens (including phenoxy) is 1. The molecular weight excluding hydrogens is 330 g/mol. The van der Waals surface area contributed by atoms with Crippen LogP contribution in [0.25, 0.3) is 0 Å². The van der Waals surface area contributed by atoms with E-state index in [2.05, 4.69) is 18.7 Å². The summed E-state index contributed by atoms with van der Waals surface area (Å²) in [6.07, 6.45) is -0.283. The Bertz CT molecular complexity index is 589. The molecule has 0 N–H and O–H groups in total. The maximum atomic E-state index is 12.7. The van der Waals surface area contributed by atoms with Gasteiger partial charge in [-0.2, -0.15) is 0 Å². The molecule has 6 nitrogen and oxygen atoms in total. The van der Waals surface area contributed by atoms with Gasteiger partial charge >= 0.3 is 6.09 Å². The van der Waals surface area contributed by atoms with Crippen molar-refractivity contribution in [1.82, 2.24) is 9.80 Å². The lowest BCUT2D eigenvalue weighted by Crippen LogP contribution is -2.50. The average molecular weight is 361 g/mol. The minimum absolute atomic E-state index is 0.0197. The summed E-state index contributed by atoms with van der Waals surface area (Å²) in [5.74, 6) is 0.340. The van der Waals surface area contributed by atoms with E-state index >= 15 is 0 Å². The van der Waals surface area contributed by atoms with Crippen LogP contribution >= 0.6 is 0 Å². The van der Waals surface area contributed by atoms with Gasteiger partial charge in [0, 0.05) is 50.5 Å². The lowest BCUT2D eigenvalue weighted by molar-refractivity contribution is 0.0535. The Morgan fingerprint density at radius 2 is 1.54 bits per heavy atom. The molecule has 1 aromatic carbocycles. The number of nitrogens with zero attached hydrogens (tertiary/aromatic N) is 3. The molecule has 0 aromatic heterocycles. The van der Waals surface area contributed by atoms with Crippen molar-refractivity contribution in [3.63, 3.8) is 0 Å². The molecule has 1 heterocycles. The van der Waals surface area contributed by atoms with E-state index in [0.717, 1.165) is 18.8 Å². The number of carbonyl (C=O) groups excluding carboxylic acids is 2. The zero-order chi connectivity index (χ0) is 19.1. The van der Waals surface area contributed by atoms with Crippen molar-refractivity contribution in [3.05, 3.63) is 29.8 Å². The van der Waals surface area contributed by atoms with Gasteiger partial charge in [-0.3, -0.25) is 4.79 Å². The van der Waals surface area contributed by atoms with E-state index in [1.54, 1.807) is 9.80 Å². The van der Waals surface area contributed by atoms with Crippen LogP contribution in [-0.4, -0.2) is 67.7 Å². The maximum absolute atomic E-state index is 12.7. The molecule has 0 aliphatic carbocycles. The highest BCUT2D eigenvalue weighted by molar-refractivity contribution is 5.94. The van der Waals surface area contributed by atoms with Gasteiger partial charge in [-0.1, -0.05) is 13.8 Å². The molecule has 0 bridgehead atoms. The van der Waals surface area contributed by atoms with Crippen molar-refractivity contribution in [3.8, 4) is 0 Å². The lowest BCUT2D eigenvalue weighted by atomic mass is 10.1. The summed E-state index contributed by atoms with van der Waals surface area (Å²) in [4.78, 5) is 30.4. The predicted octanol–water partition coefficient (Wildman–Crippen LogP) is 3.08. The normalized spacial score (nSPS) is 14.5. The molecule has 0 atom stereocenters. The predicted molar refractivity (Wildman–Crippen MR) is 104 cm³/mol. The summed E-state index contributed by atoms with van der Waals surface area (Å²) >= 11 is 0. The number of carbonyl (C=O) groups is 2. The zero-order valence-corrected chi connectivity index (χ0v) is 16.4. The number of amides is 2. The van der Waals surface area contributed by atoms with Crippen LogP contribution < -0.4 is 4.90 Å². The van der Waals surface area contributed by atoms with Gasteiger partial charge < -0.3 is 19.4 Å². The topological polar surface area (TPSA) is 53.1 Å². The van der Waals surface area contributed by atoms with Crippen LogP contribution in [0, 0.1) is 5.92 Å². The summed E-state index contributed by atoms with van der Waals surface area (Å²) in [6, 6.07) is 7.78. The van der Waals surface area contributed by atoms with Gasteiger partial charge in [0.25, 0.3) is 5.91 Å². The number of hydrogen-bond acceptors (Lipinski definition) is 4. The molecule has 1 fully saturated rings. The van der Waals surface area contributed by atoms with E-state index in [9.17, 15) is 9.59 Å². The Hall–Kier alpha value is -2.24. The third-order valence-electron chi connectivity index (χ3n) is 4.61. The highest BCUT2D eigenvalue weighted by Gasteiger charge is 2.25. The van der Waals surface area contributed by atoms with Crippen LogP contribution in [0.3, 0.4) is 0 Å². The molecule has 144 valence electrons. The molecule has 2 amide bonds. The molecular formula is C20H31N3O3. The van der Waals surface area contributed by atoms with Crippen LogP contribution in [0.15, 0.2) is 24.3 Å². The number of benzene rings is 1. The minimum Gasteiger partial charge on any atom is -0.449 e. The highest BCUT2D eigenvalue weighted by Crippen LogP contribution is 2.17. The minimum atomic E-state index is -0.283. The average Bonchev–Trinajstić information content (AvgIpc) is 2.67. The molecule has 0 radical (unpaired) electrons. The molecule has 0 spiro atoms. The third kappa shape index (κ3) is 5.13. The summed E-state index contributed by atoms with van der Waals surface area (Å²) in [7, 11) is 0. The summed E-state index contributed by atoms with van der Waals surface area (Å²) in [5, 5.41) is 0. The monoisotopic (exact) mass is 361 g/mol. The second-order valence-corrected chi connectivity index (χ2v) is 6.97. The molecule has 26 heavy (non-hydrogen) atoms. The smallest absolute Gasteiger partial charge is 0.409 e. The van der Waals surface area contributed by atoms with Crippen LogP contribution in [0.4, 0.5) is 10.5 Å². The molecule has 6 heteroatoms. The lowest BCUT2D eigenvalue weighted by Gasteiger charge is -2.34. The molecule has 2 rings (SSSR count). The first-order chi connectivity index (χ1) is 12.5. The van der Waals surface area contributed by atoms with Crippen molar-refractivity contribution >= 4 is 17.7 Å². The van der Waals surface area contributed by atoms with Gasteiger partial charge in [0.05, 0.1) is 6.61 Å². The van der Waals surface area contributed by atoms with Gasteiger partial charge in [0.15, 0.2) is 0 Å². The van der Waals surface area contributed by atoms with Crippen LogP contribution in [0.1, 0.15) is 38.1 Å². The quantitative estimate of drug-likeness (QED) is 0.781. The first kappa shape index (κ1) is 20.1. The van der Waals surface area contributed by atoms with Gasteiger partial charge in [0.1, 0.15) is 0 Å². The Morgan fingerprint density at radius 1 is 1.00 bits per heavy atom. The molecule has 1 aliphatic rings. The van der Waals surface area contributed by atoms with Crippen LogP contribution in [-0.2, 0) is 4.74 Å². The zero-order valence-electron chi connectivity index (χ0n) is 16.4. The van der Waals surface area contributed by atoms with Crippen molar-refractivity contribution in [1.29, 1.82) is 0 Å². The Morgan fingerprint density at radius 3 is 2.04 bits per heavy atom. The van der Waals surface area contributed by atoms with E-state index in [1.807, 2.05) is 38.1 Å². The third-order valence-corrected chi connectivity index (χ3v) is 4.61. The number of piperazine rings is 1. The Labute approximate surface area is 156 Å². The van der Waals surface area contributed by atoms with Crippen LogP contribution in [0.5, 0.6) is 0 Å². The molecule has 1 aliphatic heterocycles. The molecule has 1 aromatic rings. The van der Waals surface area contributed by atoms with Gasteiger partial charge in [-0.25, -0.2) is 4.79 Å². The fourth-order valence-corrected chi connectivity index (χ4v) is 3.01. The number of hydrogen-bond donors (Lipinski definition) is 0. The summed E-state index contributed by atoms with van der Waals surface area (Å²) in [6.45, 7) is 12.7. The first-order valence-electron chi connectivity index (χ1n) is 9.52. The SMILES string of the molecule is CCN(CC)c1ccc(C(=O)N2CCN(C(=O)OCC(C)C)CC2)cc1. The van der Waals surface area contributed by atoms with E-state index in [4.69, 9.17) is 4.74 Å². The second kappa shape index (κ2) is 9.46. The number of rotatable bonds is 6. The van der Waals surface area contributed by atoms with E-state index in [1.165, 1.54) is 0 Å². The van der Waals surface area contributed by atoms with Crippen molar-refractivity contribution < 1.29 is 14.3 Å². The molecule has 0 saturated carbocycles. The van der Waals surface area contributed by atoms with E-state index < -0.39 is 0 Å². The fourth-order valence-electron chi connectivity index (χ4n) is 3.01. The van der Waals surface area contributed by atoms with Gasteiger partial charge in [0.2, 0.25) is 0 Å². The second-order valence-electron chi connectivity index (χ2n) is 6.97. The maximum Gasteiger partial charge on any atom is 0.409 e. The summed E-state index contributed by atoms with van der Waals surface area (Å²) < 4.78 is 5.26. The standard InChI is InChI=1S/C20H31N3O3/c1-5-21(6-2)18-9-7-17(8-10-18)19(24)22-11-13-23(14-12-22)20(25)26-15-16(3)4/h7-10,16H,5-6,11-15H2,1-4H3. The van der Waals surface area contributed by atoms with Gasteiger partial charge in [-0.05, 0) is 44.0 Å². The Kier molecular flexibility index (Phi) is 7.30. The summed E-state index contributed by atoms with van der Waals surface area (Å²) in [5.41, 5.74) is 1.82. The van der Waals surface area contributed by atoms with Crippen molar-refractivity contribution in [2.45, 2.75) is 27.7 Å². The van der Waals surface area contributed by atoms with Crippen molar-refractivity contribution in [2.24, 2.45) is 5.92 Å². The van der Waals surface area contributed by atoms with Gasteiger partial charge in [-0.15, -0.1) is 0 Å². The molecule has 1 saturated heterocycles. The van der Waals surface area contributed by atoms with E-state index in [0.29, 0.717) is 44.3 Å². The van der Waals surface area contributed by atoms with Crippen LogP contribution in [0.2, 0.25) is 0 Å². The van der Waals surface area contributed by atoms with E-state index in [-0.39, 0.29) is 12.0 Å². The fraction of sp³-hybridized carbons (Fsp3) is 0.600. The molecule has 0 unspecified atom stereocenters. The van der Waals surface area contributed by atoms with Crippen molar-refractivity contribution in [2.75, 3.05) is 50.8 Å². The largest absolute Gasteiger partial charge is 0.449 e. The number of anilines is 1.